The van der Waals surface area contributed by atoms with Gasteiger partial charge < -0.3 is 14.9 Å². The molecule has 2 fully saturated rings. The van der Waals surface area contributed by atoms with Gasteiger partial charge in [0.05, 0.1) is 17.2 Å². The molecule has 0 spiro atoms. The lowest BCUT2D eigenvalue weighted by molar-refractivity contribution is 0.0715. The summed E-state index contributed by atoms with van der Waals surface area (Å²) < 4.78 is 42.7. The van der Waals surface area contributed by atoms with Gasteiger partial charge in [-0.1, -0.05) is 39.7 Å². The number of aliphatic hydroxyl groups excluding tert-OH is 1. The maximum Gasteiger partial charge on any atom is 0.254 e. The minimum Gasteiger partial charge on any atom is -0.391 e. The molecule has 38 heavy (non-hydrogen) atoms. The molecule has 0 aromatic heterocycles. The van der Waals surface area contributed by atoms with Gasteiger partial charge in [0, 0.05) is 48.4 Å². The van der Waals surface area contributed by atoms with Crippen molar-refractivity contribution in [3.05, 3.63) is 93.2 Å². The van der Waals surface area contributed by atoms with Crippen LogP contribution in [-0.4, -0.2) is 67.5 Å². The van der Waals surface area contributed by atoms with Crippen molar-refractivity contribution in [3.8, 4) is 0 Å². The Balaban J connectivity index is 1.36. The summed E-state index contributed by atoms with van der Waals surface area (Å²) in [5, 5.41) is 10.4. The molecule has 1 amide bonds. The second-order valence-corrected chi connectivity index (χ2v) is 12.7. The first-order valence-electron chi connectivity index (χ1n) is 12.2. The Morgan fingerprint density at radius 3 is 2.29 bits per heavy atom. The summed E-state index contributed by atoms with van der Waals surface area (Å²) in [6.45, 7) is 1.45. The number of carbonyl (C=O) groups excluding carboxylic acids is 1. The SMILES string of the molecule is O=C(c1ccc(Cl)c(S(=O)(=O)N2CCN(c3ccc(F)cc3)CC2)c1)N1CC(O)CC1c1ccc(Br)cc1. The molecule has 1 N–H and O–H groups in total. The largest absolute Gasteiger partial charge is 0.391 e. The Morgan fingerprint density at radius 2 is 1.63 bits per heavy atom. The van der Waals surface area contributed by atoms with Gasteiger partial charge in [-0.2, -0.15) is 4.31 Å². The van der Waals surface area contributed by atoms with Crippen molar-refractivity contribution in [1.29, 1.82) is 0 Å². The first-order chi connectivity index (χ1) is 18.1. The van der Waals surface area contributed by atoms with E-state index in [0.717, 1.165) is 15.7 Å². The highest BCUT2D eigenvalue weighted by molar-refractivity contribution is 9.10. The maximum atomic E-state index is 13.6. The highest BCUT2D eigenvalue weighted by Gasteiger charge is 2.37. The molecule has 5 rings (SSSR count). The minimum atomic E-state index is -3.98. The summed E-state index contributed by atoms with van der Waals surface area (Å²) in [7, 11) is -3.98. The van der Waals surface area contributed by atoms with Crippen LogP contribution in [0.5, 0.6) is 0 Å². The lowest BCUT2D eigenvalue weighted by Crippen LogP contribution is -2.48. The van der Waals surface area contributed by atoms with Gasteiger partial charge >= 0.3 is 0 Å². The fraction of sp³-hybridized carbons (Fsp3) is 0.296. The first-order valence-corrected chi connectivity index (χ1v) is 14.8. The van der Waals surface area contributed by atoms with Crippen LogP contribution in [0, 0.1) is 5.82 Å². The molecule has 2 aliphatic heterocycles. The number of piperazine rings is 1. The van der Waals surface area contributed by atoms with E-state index in [4.69, 9.17) is 11.6 Å². The molecule has 3 aromatic rings. The zero-order valence-electron chi connectivity index (χ0n) is 20.3. The van der Waals surface area contributed by atoms with E-state index < -0.39 is 16.1 Å². The maximum absolute atomic E-state index is 13.6. The zero-order chi connectivity index (χ0) is 27.0. The Bertz CT molecular complexity index is 1430. The number of likely N-dealkylation sites (tertiary alicyclic amines) is 1. The highest BCUT2D eigenvalue weighted by atomic mass is 79.9. The number of halogens is 3. The van der Waals surface area contributed by atoms with Crippen molar-refractivity contribution >= 4 is 49.1 Å². The lowest BCUT2D eigenvalue weighted by atomic mass is 10.0. The number of carbonyl (C=O) groups is 1. The molecule has 7 nitrogen and oxygen atoms in total. The summed E-state index contributed by atoms with van der Waals surface area (Å²) in [5.74, 6) is -0.700. The molecular formula is C27H26BrClFN3O4S. The number of hydrogen-bond acceptors (Lipinski definition) is 5. The molecular weight excluding hydrogens is 597 g/mol. The van der Waals surface area contributed by atoms with Crippen LogP contribution in [0.4, 0.5) is 10.1 Å². The molecule has 0 bridgehead atoms. The smallest absolute Gasteiger partial charge is 0.254 e. The molecule has 2 saturated heterocycles. The molecule has 11 heteroatoms. The van der Waals surface area contributed by atoms with Gasteiger partial charge in [0.1, 0.15) is 10.7 Å². The van der Waals surface area contributed by atoms with Crippen molar-refractivity contribution in [3.63, 3.8) is 0 Å². The fourth-order valence-electron chi connectivity index (χ4n) is 5.02. The van der Waals surface area contributed by atoms with Crippen LogP contribution in [0.3, 0.4) is 0 Å². The molecule has 200 valence electrons. The number of aliphatic hydroxyl groups is 1. The van der Waals surface area contributed by atoms with Crippen LogP contribution >= 0.6 is 27.5 Å². The van der Waals surface area contributed by atoms with Crippen molar-refractivity contribution in [2.45, 2.75) is 23.5 Å². The quantitative estimate of drug-likeness (QED) is 0.446. The Labute approximate surface area is 234 Å². The number of hydrogen-bond donors (Lipinski definition) is 1. The number of anilines is 1. The summed E-state index contributed by atoms with van der Waals surface area (Å²) in [6.07, 6.45) is -0.287. The van der Waals surface area contributed by atoms with Gasteiger partial charge in [0.25, 0.3) is 5.91 Å². The van der Waals surface area contributed by atoms with Crippen LogP contribution in [-0.2, 0) is 10.0 Å². The first kappa shape index (κ1) is 27.1. The monoisotopic (exact) mass is 621 g/mol. The number of β-amino-alcohol motifs (C(OH)–C–C–N with tert-alkyl or cyclic N) is 1. The standard InChI is InChI=1S/C27H26BrClFN3O4S/c28-20-4-1-18(2-5-20)25-16-23(34)17-33(25)27(35)19-3-10-24(29)26(15-19)38(36,37)32-13-11-31(12-14-32)22-8-6-21(30)7-9-22/h1-10,15,23,25,34H,11-14,16-17H2. The van der Waals surface area contributed by atoms with Crippen molar-refractivity contribution in [1.82, 2.24) is 9.21 Å². The van der Waals surface area contributed by atoms with E-state index in [-0.39, 0.29) is 52.9 Å². The topological polar surface area (TPSA) is 81.2 Å². The predicted molar refractivity (Wildman–Crippen MR) is 147 cm³/mol. The third kappa shape index (κ3) is 5.46. The molecule has 2 aliphatic rings. The van der Waals surface area contributed by atoms with E-state index in [1.807, 2.05) is 29.2 Å². The average Bonchev–Trinajstić information content (AvgIpc) is 3.31. The van der Waals surface area contributed by atoms with Crippen molar-refractivity contribution in [2.75, 3.05) is 37.6 Å². The van der Waals surface area contributed by atoms with Crippen LogP contribution in [0.1, 0.15) is 28.4 Å². The average molecular weight is 623 g/mol. The highest BCUT2D eigenvalue weighted by Crippen LogP contribution is 2.35. The van der Waals surface area contributed by atoms with Crippen molar-refractivity contribution < 1.29 is 22.7 Å². The second-order valence-electron chi connectivity index (χ2n) is 9.43. The van der Waals surface area contributed by atoms with E-state index in [1.54, 1.807) is 17.0 Å². The van der Waals surface area contributed by atoms with Gasteiger partial charge in [0.15, 0.2) is 0 Å². The molecule has 2 unspecified atom stereocenters. The summed E-state index contributed by atoms with van der Waals surface area (Å²) in [6, 6.07) is 17.6. The molecule has 0 aliphatic carbocycles. The molecule has 2 heterocycles. The Morgan fingerprint density at radius 1 is 0.974 bits per heavy atom. The van der Waals surface area contributed by atoms with E-state index in [2.05, 4.69) is 15.9 Å². The van der Waals surface area contributed by atoms with E-state index in [1.165, 1.54) is 34.6 Å². The Hall–Kier alpha value is -2.50. The third-order valence-electron chi connectivity index (χ3n) is 7.02. The van der Waals surface area contributed by atoms with E-state index >= 15 is 0 Å². The van der Waals surface area contributed by atoms with Crippen LogP contribution < -0.4 is 4.90 Å². The molecule has 3 aromatic carbocycles. The van der Waals surface area contributed by atoms with E-state index in [0.29, 0.717) is 19.5 Å². The molecule has 2 atom stereocenters. The minimum absolute atomic E-state index is 0.0356. The number of amides is 1. The van der Waals surface area contributed by atoms with Gasteiger partial charge in [-0.25, -0.2) is 12.8 Å². The van der Waals surface area contributed by atoms with Gasteiger partial charge in [-0.05, 0) is 66.6 Å². The number of rotatable bonds is 5. The summed E-state index contributed by atoms with van der Waals surface area (Å²) in [5.41, 5.74) is 1.90. The van der Waals surface area contributed by atoms with Crippen LogP contribution in [0.25, 0.3) is 0 Å². The van der Waals surface area contributed by atoms with Crippen molar-refractivity contribution in [2.24, 2.45) is 0 Å². The van der Waals surface area contributed by atoms with Gasteiger partial charge in [-0.15, -0.1) is 0 Å². The second kappa shape index (κ2) is 10.9. The molecule has 0 saturated carbocycles. The fourth-order valence-corrected chi connectivity index (χ4v) is 7.20. The number of sulfonamides is 1. The van der Waals surface area contributed by atoms with E-state index in [9.17, 15) is 22.7 Å². The third-order valence-corrected chi connectivity index (χ3v) is 9.93. The predicted octanol–water partition coefficient (Wildman–Crippen LogP) is 4.70. The number of nitrogens with zero attached hydrogens (tertiary/aromatic N) is 3. The summed E-state index contributed by atoms with van der Waals surface area (Å²) in [4.78, 5) is 17.0. The van der Waals surface area contributed by atoms with Crippen LogP contribution in [0.15, 0.2) is 76.1 Å². The van der Waals surface area contributed by atoms with Gasteiger partial charge in [0.2, 0.25) is 10.0 Å². The summed E-state index contributed by atoms with van der Waals surface area (Å²) >= 11 is 9.76. The molecule has 0 radical (unpaired) electrons. The zero-order valence-corrected chi connectivity index (χ0v) is 23.5. The van der Waals surface area contributed by atoms with Crippen LogP contribution in [0.2, 0.25) is 5.02 Å². The van der Waals surface area contributed by atoms with Gasteiger partial charge in [-0.3, -0.25) is 4.79 Å². The number of benzene rings is 3. The lowest BCUT2D eigenvalue weighted by Gasteiger charge is -2.35. The Kier molecular flexibility index (Phi) is 7.79. The normalized spacial score (nSPS) is 20.6.